The van der Waals surface area contributed by atoms with Crippen molar-refractivity contribution in [3.63, 3.8) is 0 Å². The molecule has 47 heavy (non-hydrogen) atoms. The van der Waals surface area contributed by atoms with Crippen LogP contribution in [0, 0.1) is 35.5 Å². The van der Waals surface area contributed by atoms with Gasteiger partial charge in [0, 0.05) is 36.5 Å². The van der Waals surface area contributed by atoms with Gasteiger partial charge in [0.2, 0.25) is 0 Å². The zero-order valence-corrected chi connectivity index (χ0v) is 28.5. The summed E-state index contributed by atoms with van der Waals surface area (Å²) >= 11 is 0. The van der Waals surface area contributed by atoms with Gasteiger partial charge in [-0.3, -0.25) is 9.59 Å². The van der Waals surface area contributed by atoms with Crippen molar-refractivity contribution in [1.29, 1.82) is 0 Å². The van der Waals surface area contributed by atoms with Gasteiger partial charge in [-0.05, 0) is 88.9 Å². The maximum atomic E-state index is 12.1. The highest BCUT2D eigenvalue weighted by Gasteiger charge is 2.57. The van der Waals surface area contributed by atoms with Crippen LogP contribution in [0.25, 0.3) is 0 Å². The number of hydrogen-bond donors (Lipinski definition) is 2. The number of carbonyl (C=O) groups excluding carboxylic acids is 2. The van der Waals surface area contributed by atoms with Crippen LogP contribution in [0.3, 0.4) is 0 Å². The molecule has 0 bridgehead atoms. The molecule has 0 aromatic carbocycles. The van der Waals surface area contributed by atoms with Crippen LogP contribution in [0.4, 0.5) is 0 Å². The summed E-state index contributed by atoms with van der Waals surface area (Å²) in [5.74, 6) is 0.282. The van der Waals surface area contributed by atoms with E-state index in [0.29, 0.717) is 37.5 Å². The van der Waals surface area contributed by atoms with Crippen LogP contribution in [0.15, 0.2) is 60.8 Å². The number of allylic oxidation sites excluding steroid dienone is 7. The third-order valence-corrected chi connectivity index (χ3v) is 10.8. The molecule has 260 valence electrons. The van der Waals surface area contributed by atoms with Gasteiger partial charge in [0.25, 0.3) is 0 Å². The summed E-state index contributed by atoms with van der Waals surface area (Å²) < 4.78 is 18.2. The lowest BCUT2D eigenvalue weighted by Gasteiger charge is -2.31. The number of esters is 2. The lowest BCUT2D eigenvalue weighted by molar-refractivity contribution is -0.156. The van der Waals surface area contributed by atoms with Gasteiger partial charge in [-0.15, -0.1) is 0 Å². The minimum Gasteiger partial charge on any atom is -0.462 e. The Hall–Kier alpha value is -2.48. The predicted octanol–water partition coefficient (Wildman–Crippen LogP) is 7.33. The van der Waals surface area contributed by atoms with Gasteiger partial charge in [0.1, 0.15) is 12.2 Å². The zero-order valence-electron chi connectivity index (χ0n) is 28.5. The van der Waals surface area contributed by atoms with E-state index < -0.39 is 18.3 Å². The second kappa shape index (κ2) is 17.8. The van der Waals surface area contributed by atoms with Crippen LogP contribution in [0.2, 0.25) is 0 Å². The summed E-state index contributed by atoms with van der Waals surface area (Å²) in [5, 5.41) is 23.7. The molecule has 3 aliphatic heterocycles. The van der Waals surface area contributed by atoms with E-state index in [0.717, 1.165) is 64.2 Å². The highest BCUT2D eigenvalue weighted by molar-refractivity contribution is 5.70. The Morgan fingerprint density at radius 2 is 1.38 bits per heavy atom. The maximum absolute atomic E-state index is 12.1. The highest BCUT2D eigenvalue weighted by atomic mass is 16.6. The van der Waals surface area contributed by atoms with E-state index >= 15 is 0 Å². The number of hydrogen-bond acceptors (Lipinski definition) is 7. The molecule has 0 aromatic heterocycles. The number of ether oxygens (including phenoxy) is 3. The summed E-state index contributed by atoms with van der Waals surface area (Å²) in [6, 6.07) is 0. The van der Waals surface area contributed by atoms with E-state index in [2.05, 4.69) is 68.5 Å². The highest BCUT2D eigenvalue weighted by Crippen LogP contribution is 2.53. The molecule has 0 amide bonds. The van der Waals surface area contributed by atoms with Crippen molar-refractivity contribution in [3.05, 3.63) is 60.8 Å². The molecule has 3 saturated heterocycles. The first-order valence-electron chi connectivity index (χ1n) is 18.6. The van der Waals surface area contributed by atoms with Crippen LogP contribution < -0.4 is 0 Å². The van der Waals surface area contributed by atoms with Crippen molar-refractivity contribution in [3.8, 4) is 0 Å². The molecule has 2 N–H and O–H groups in total. The zero-order chi connectivity index (χ0) is 33.2. The molecular formula is C40H58O7. The molecule has 0 spiro atoms. The van der Waals surface area contributed by atoms with E-state index in [-0.39, 0.29) is 53.9 Å². The molecule has 0 unspecified atom stereocenters. The molecule has 0 aromatic rings. The molecule has 3 heterocycles. The second-order valence-electron chi connectivity index (χ2n) is 14.3. The van der Waals surface area contributed by atoms with Gasteiger partial charge in [-0.1, -0.05) is 74.6 Å². The largest absolute Gasteiger partial charge is 0.462 e. The topological polar surface area (TPSA) is 102 Å². The van der Waals surface area contributed by atoms with Crippen molar-refractivity contribution < 1.29 is 34.0 Å². The molecule has 0 radical (unpaired) electrons. The number of cyclic esters (lactones) is 2. The van der Waals surface area contributed by atoms with Gasteiger partial charge >= 0.3 is 11.9 Å². The summed E-state index contributed by atoms with van der Waals surface area (Å²) in [6.45, 7) is 4.24. The second-order valence-corrected chi connectivity index (χ2v) is 14.3. The Bertz CT molecular complexity index is 1170. The Kier molecular flexibility index (Phi) is 13.6. The average molecular weight is 651 g/mol. The smallest absolute Gasteiger partial charge is 0.306 e. The number of rotatable bonds is 17. The molecule has 12 atom stereocenters. The Labute approximate surface area is 282 Å². The first-order chi connectivity index (χ1) is 22.9. The van der Waals surface area contributed by atoms with Crippen LogP contribution in [-0.2, 0) is 23.8 Å². The Morgan fingerprint density at radius 1 is 0.766 bits per heavy atom. The van der Waals surface area contributed by atoms with Crippen LogP contribution in [-0.4, -0.2) is 58.8 Å². The lowest BCUT2D eigenvalue weighted by Crippen LogP contribution is -2.41. The average Bonchev–Trinajstić information content (AvgIpc) is 3.99. The van der Waals surface area contributed by atoms with Crippen molar-refractivity contribution in [1.82, 2.24) is 0 Å². The minimum atomic E-state index is -0.751. The molecule has 7 nitrogen and oxygen atoms in total. The van der Waals surface area contributed by atoms with Gasteiger partial charge in [-0.25, -0.2) is 0 Å². The van der Waals surface area contributed by atoms with E-state index in [1.807, 2.05) is 6.08 Å². The summed E-state index contributed by atoms with van der Waals surface area (Å²) in [5.41, 5.74) is 0. The van der Waals surface area contributed by atoms with Crippen LogP contribution >= 0.6 is 0 Å². The van der Waals surface area contributed by atoms with Crippen molar-refractivity contribution in [2.24, 2.45) is 35.5 Å². The van der Waals surface area contributed by atoms with Crippen molar-refractivity contribution in [2.75, 3.05) is 0 Å². The molecular weight excluding hydrogens is 592 g/mol. The summed E-state index contributed by atoms with van der Waals surface area (Å²) in [7, 11) is 0. The predicted molar refractivity (Wildman–Crippen MR) is 183 cm³/mol. The molecule has 5 fully saturated rings. The van der Waals surface area contributed by atoms with E-state index in [1.54, 1.807) is 0 Å². The normalized spacial score (nSPS) is 37.4. The summed E-state index contributed by atoms with van der Waals surface area (Å²) in [4.78, 5) is 24.0. The standard InChI is InChI=1S/C40H58O7/c1-3-5-7-9-11-13-17-32(41)40-38(39(44)31-26-30(31)35-20-16-22-37(43)46-35)28(33(47-40)18-14-12-10-8-6-4-2)24-23-27-25-29(27)34-19-15-21-36(42)45-34/h5-8,11-14,23-24,27-35,38-41,44H,3-4,9-10,15-22,25-26H2,1-2H3/b7-5-,8-6-,13-11-,14-12-,24-23+/t27-,28+,29-,30-,31-,32-,33+,34+,35+,38+,39+,40+/m0/s1. The molecule has 5 rings (SSSR count). The van der Waals surface area contributed by atoms with Gasteiger partial charge in [0.05, 0.1) is 24.4 Å². The molecule has 5 aliphatic rings. The van der Waals surface area contributed by atoms with Crippen LogP contribution in [0.1, 0.15) is 104 Å². The fourth-order valence-electron chi connectivity index (χ4n) is 8.13. The Morgan fingerprint density at radius 3 is 2.02 bits per heavy atom. The fraction of sp³-hybridized carbons (Fsp3) is 0.700. The first-order valence-corrected chi connectivity index (χ1v) is 18.6. The van der Waals surface area contributed by atoms with Crippen LogP contribution in [0.5, 0.6) is 0 Å². The first kappa shape index (κ1) is 35.8. The van der Waals surface area contributed by atoms with E-state index in [4.69, 9.17) is 14.2 Å². The SMILES string of the molecule is CC/C=C\C/C=C\C[C@H](O)[C@H]1O[C@H](C/C=C\C/C=C\CC)[C@@H](/C=C/[C@H]2C[C@@H]2[C@H]2CCCC(=O)O2)[C@@H]1[C@H](O)[C@H]1C[C@@H]1[C@H]1CCCC(=O)O1. The van der Waals surface area contributed by atoms with E-state index in [9.17, 15) is 19.8 Å². The third-order valence-electron chi connectivity index (χ3n) is 10.8. The monoisotopic (exact) mass is 650 g/mol. The number of aliphatic hydroxyl groups excluding tert-OH is 2. The quantitative estimate of drug-likeness (QED) is 0.126. The van der Waals surface area contributed by atoms with Gasteiger partial charge < -0.3 is 24.4 Å². The number of carbonyl (C=O) groups is 2. The van der Waals surface area contributed by atoms with Gasteiger partial charge in [-0.2, -0.15) is 0 Å². The maximum Gasteiger partial charge on any atom is 0.306 e. The van der Waals surface area contributed by atoms with Gasteiger partial charge in [0.15, 0.2) is 0 Å². The fourth-order valence-corrected chi connectivity index (χ4v) is 8.13. The number of aliphatic hydroxyl groups is 2. The molecule has 7 heteroatoms. The molecule has 2 saturated carbocycles. The summed E-state index contributed by atoms with van der Waals surface area (Å²) in [6.07, 6.45) is 30.5. The lowest BCUT2D eigenvalue weighted by atomic mass is 9.77. The third kappa shape index (κ3) is 10.0. The van der Waals surface area contributed by atoms with E-state index in [1.165, 1.54) is 0 Å². The van der Waals surface area contributed by atoms with Crippen molar-refractivity contribution in [2.45, 2.75) is 140 Å². The Balaban J connectivity index is 1.34. The van der Waals surface area contributed by atoms with Crippen molar-refractivity contribution >= 4 is 11.9 Å². The molecule has 2 aliphatic carbocycles. The minimum absolute atomic E-state index is 0.000904.